The lowest BCUT2D eigenvalue weighted by atomic mass is 10.0. The van der Waals surface area contributed by atoms with Crippen molar-refractivity contribution in [1.29, 1.82) is 0 Å². The van der Waals surface area contributed by atoms with Gasteiger partial charge in [-0.25, -0.2) is 4.79 Å². The molecule has 2 aromatic rings. The van der Waals surface area contributed by atoms with Crippen LogP contribution in [-0.4, -0.2) is 77.4 Å². The number of rotatable bonds is 10. The lowest BCUT2D eigenvalue weighted by molar-refractivity contribution is -0.150. The van der Waals surface area contributed by atoms with E-state index in [1.807, 2.05) is 30.5 Å². The number of anilines is 1. The molecule has 4 N–H and O–H groups in total. The first-order chi connectivity index (χ1) is 17.8. The van der Waals surface area contributed by atoms with Crippen molar-refractivity contribution in [1.82, 2.24) is 24.6 Å². The fraction of sp³-hybridized carbons (Fsp3) is 0.318. The quantitative estimate of drug-likeness (QED) is 0.219. The van der Waals surface area contributed by atoms with Crippen molar-refractivity contribution < 1.29 is 24.3 Å². The Kier molecular flexibility index (Phi) is 8.45. The van der Waals surface area contributed by atoms with Gasteiger partial charge >= 0.3 is 5.97 Å². The lowest BCUT2D eigenvalue weighted by Crippen LogP contribution is -2.71. The van der Waals surface area contributed by atoms with Crippen LogP contribution in [-0.2, 0) is 19.2 Å². The van der Waals surface area contributed by atoms with E-state index in [0.29, 0.717) is 17.1 Å². The fourth-order valence-corrected chi connectivity index (χ4v) is 6.20. The Morgan fingerprint density at radius 2 is 2.24 bits per heavy atom. The summed E-state index contributed by atoms with van der Waals surface area (Å²) in [6.07, 6.45) is 3.65. The number of hydrogen-bond donors (Lipinski definition) is 3. The molecule has 0 saturated carbocycles. The highest BCUT2D eigenvalue weighted by Crippen LogP contribution is 2.41. The molecule has 1 saturated heterocycles. The number of oxime groups is 1. The Morgan fingerprint density at radius 1 is 1.43 bits per heavy atom. The number of fused-ring (bicyclic) bond motifs is 1. The molecule has 2 amide bonds. The van der Waals surface area contributed by atoms with E-state index in [4.69, 9.17) is 10.6 Å². The normalized spacial score (nSPS) is 19.6. The number of amides is 2. The molecule has 2 aliphatic heterocycles. The first-order valence-corrected chi connectivity index (χ1v) is 13.9. The molecule has 15 heteroatoms. The van der Waals surface area contributed by atoms with Crippen LogP contribution in [0, 0.1) is 6.92 Å². The van der Waals surface area contributed by atoms with Gasteiger partial charge in [-0.1, -0.05) is 11.2 Å². The van der Waals surface area contributed by atoms with Gasteiger partial charge in [-0.2, -0.15) is 9.36 Å². The molecule has 12 nitrogen and oxygen atoms in total. The van der Waals surface area contributed by atoms with Crippen molar-refractivity contribution in [2.75, 3.05) is 23.8 Å². The van der Waals surface area contributed by atoms with Gasteiger partial charge in [0.05, 0.1) is 0 Å². The number of aromatic nitrogens is 3. The van der Waals surface area contributed by atoms with Crippen LogP contribution < -0.4 is 11.1 Å². The number of nitrogens with zero attached hydrogens (tertiary/aromatic N) is 5. The zero-order valence-electron chi connectivity index (χ0n) is 19.8. The summed E-state index contributed by atoms with van der Waals surface area (Å²) in [6.45, 7) is 3.81. The van der Waals surface area contributed by atoms with Gasteiger partial charge in [0.15, 0.2) is 5.13 Å². The Bertz CT molecular complexity index is 1290. The number of nitrogen functional groups attached to an aromatic ring is 1. The molecule has 0 bridgehead atoms. The Hall–Kier alpha value is -3.43. The maximum absolute atomic E-state index is 13.0. The van der Waals surface area contributed by atoms with Crippen LogP contribution in [0.4, 0.5) is 5.13 Å². The molecule has 2 aromatic heterocycles. The van der Waals surface area contributed by atoms with E-state index in [1.54, 1.807) is 13.1 Å². The van der Waals surface area contributed by atoms with Gasteiger partial charge in [-0.05, 0) is 42.5 Å². The smallest absolute Gasteiger partial charge is 0.352 e. The van der Waals surface area contributed by atoms with Crippen LogP contribution in [0.3, 0.4) is 0 Å². The number of carbonyl (C=O) groups excluding carboxylic acids is 2. The monoisotopic (exact) mass is 561 g/mol. The minimum absolute atomic E-state index is 0.0201. The van der Waals surface area contributed by atoms with E-state index < -0.39 is 29.2 Å². The average molecular weight is 562 g/mol. The van der Waals surface area contributed by atoms with E-state index in [-0.39, 0.29) is 29.0 Å². The number of aryl methyl sites for hydroxylation is 1. The number of pyridine rings is 1. The number of hydrogen-bond acceptors (Lipinski definition) is 12. The molecule has 0 aromatic carbocycles. The largest absolute Gasteiger partial charge is 0.477 e. The molecular formula is C22H23N7O5S3. The summed E-state index contributed by atoms with van der Waals surface area (Å²) in [4.78, 5) is 52.4. The molecule has 194 valence electrons. The van der Waals surface area contributed by atoms with Crippen LogP contribution in [0.1, 0.15) is 24.0 Å². The van der Waals surface area contributed by atoms with Gasteiger partial charge in [-0.3, -0.25) is 19.5 Å². The van der Waals surface area contributed by atoms with Gasteiger partial charge in [-0.15, -0.1) is 23.5 Å². The van der Waals surface area contributed by atoms with Crippen molar-refractivity contribution >= 4 is 69.8 Å². The summed E-state index contributed by atoms with van der Waals surface area (Å²) in [6, 6.07) is 2.92. The van der Waals surface area contributed by atoms with Crippen molar-refractivity contribution in [3.05, 3.63) is 52.1 Å². The molecule has 2 aliphatic rings. The van der Waals surface area contributed by atoms with Gasteiger partial charge in [0.1, 0.15) is 23.7 Å². The van der Waals surface area contributed by atoms with Crippen molar-refractivity contribution in [2.24, 2.45) is 5.16 Å². The second-order valence-corrected chi connectivity index (χ2v) is 10.6. The van der Waals surface area contributed by atoms with Crippen molar-refractivity contribution in [3.63, 3.8) is 0 Å². The van der Waals surface area contributed by atoms with Gasteiger partial charge < -0.3 is 21.0 Å². The SMILES string of the molecule is CCON=C(C(=O)NC1C(=O)N2C(C(=O)O)=C(CSC=Cc3ccc(C)nc3)CS[C@@H]12)c1nsc(N)n1. The molecular weight excluding hydrogens is 538 g/mol. The van der Waals surface area contributed by atoms with E-state index in [2.05, 4.69) is 24.8 Å². The van der Waals surface area contributed by atoms with E-state index >= 15 is 0 Å². The Labute approximate surface area is 224 Å². The molecule has 4 heterocycles. The third-order valence-electron chi connectivity index (χ3n) is 5.24. The van der Waals surface area contributed by atoms with Gasteiger partial charge in [0.25, 0.3) is 11.8 Å². The summed E-state index contributed by atoms with van der Waals surface area (Å²) in [5.41, 5.74) is 7.83. The highest BCUT2D eigenvalue weighted by molar-refractivity contribution is 8.02. The summed E-state index contributed by atoms with van der Waals surface area (Å²) in [5, 5.41) is 17.7. The first-order valence-electron chi connectivity index (χ1n) is 11.0. The summed E-state index contributed by atoms with van der Waals surface area (Å²) < 4.78 is 3.98. The molecule has 4 rings (SSSR count). The molecule has 1 unspecified atom stereocenters. The van der Waals surface area contributed by atoms with Crippen molar-refractivity contribution in [2.45, 2.75) is 25.3 Å². The number of nitrogens with two attached hydrogens (primary N) is 1. The minimum atomic E-state index is -1.19. The molecule has 37 heavy (non-hydrogen) atoms. The topological polar surface area (TPSA) is 173 Å². The van der Waals surface area contributed by atoms with Crippen molar-refractivity contribution in [3.8, 4) is 0 Å². The zero-order valence-corrected chi connectivity index (χ0v) is 22.2. The maximum atomic E-state index is 13.0. The molecule has 0 aliphatic carbocycles. The van der Waals surface area contributed by atoms with E-state index in [1.165, 1.54) is 28.4 Å². The highest BCUT2D eigenvalue weighted by Gasteiger charge is 2.54. The predicted molar refractivity (Wildman–Crippen MR) is 143 cm³/mol. The first kappa shape index (κ1) is 26.6. The van der Waals surface area contributed by atoms with Crippen LogP contribution in [0.15, 0.2) is 40.2 Å². The molecule has 1 fully saturated rings. The lowest BCUT2D eigenvalue weighted by Gasteiger charge is -2.49. The number of thioether (sulfide) groups is 2. The second-order valence-electron chi connectivity index (χ2n) is 7.78. The summed E-state index contributed by atoms with van der Waals surface area (Å²) >= 11 is 3.70. The summed E-state index contributed by atoms with van der Waals surface area (Å²) in [5.74, 6) is -1.64. The van der Waals surface area contributed by atoms with E-state index in [9.17, 15) is 19.5 Å². The Balaban J connectivity index is 1.44. The van der Waals surface area contributed by atoms with Crippen LogP contribution in [0.2, 0.25) is 0 Å². The predicted octanol–water partition coefficient (Wildman–Crippen LogP) is 1.71. The van der Waals surface area contributed by atoms with Crippen LogP contribution in [0.25, 0.3) is 6.08 Å². The number of nitrogens with one attached hydrogen (secondary N) is 1. The van der Waals surface area contributed by atoms with Gasteiger partial charge in [0.2, 0.25) is 11.5 Å². The Morgan fingerprint density at radius 3 is 2.89 bits per heavy atom. The maximum Gasteiger partial charge on any atom is 0.352 e. The van der Waals surface area contributed by atoms with Gasteiger partial charge in [0, 0.05) is 34.9 Å². The minimum Gasteiger partial charge on any atom is -0.477 e. The third kappa shape index (κ3) is 5.94. The number of carboxylic acid groups (broad SMARTS) is 1. The number of β-lactam (4-membered cyclic amide) rings is 1. The van der Waals surface area contributed by atoms with Crippen LogP contribution >= 0.6 is 35.1 Å². The molecule has 0 spiro atoms. The highest BCUT2D eigenvalue weighted by atomic mass is 32.2. The fourth-order valence-electron chi connectivity index (χ4n) is 3.50. The molecule has 2 atom stereocenters. The standard InChI is InChI=1S/C22H23N7O5S3/c1-3-34-27-14(17-26-22(23)37-28-17)18(30)25-15-19(31)29-16(21(32)33)13(10-36-20(15)29)9-35-7-6-12-5-4-11(2)24-8-12/h4-8,15,20H,3,9-10H2,1-2H3,(H,25,30)(H,32,33)(H2,23,26,28)/t15?,20-/m0/s1. The average Bonchev–Trinajstić information content (AvgIpc) is 3.31. The number of carboxylic acids is 1. The van der Waals surface area contributed by atoms with Crippen LogP contribution in [0.5, 0.6) is 0 Å². The second kappa shape index (κ2) is 11.7. The third-order valence-corrected chi connectivity index (χ3v) is 7.96. The molecule has 0 radical (unpaired) electrons. The number of carbonyl (C=O) groups is 3. The number of aliphatic carboxylic acids is 1. The summed E-state index contributed by atoms with van der Waals surface area (Å²) in [7, 11) is 0. The zero-order chi connectivity index (χ0) is 26.5. The van der Waals surface area contributed by atoms with E-state index in [0.717, 1.165) is 22.8 Å².